The van der Waals surface area contributed by atoms with Gasteiger partial charge in [-0.25, -0.2) is 17.8 Å². The minimum atomic E-state index is -4.01. The van der Waals surface area contributed by atoms with Gasteiger partial charge in [-0.2, -0.15) is 0 Å². The highest BCUT2D eigenvalue weighted by Gasteiger charge is 2.23. The van der Waals surface area contributed by atoms with Crippen molar-refractivity contribution in [3.05, 3.63) is 70.0 Å². The average Bonchev–Trinajstić information content (AvgIpc) is 2.96. The van der Waals surface area contributed by atoms with Crippen LogP contribution in [0.15, 0.2) is 53.4 Å². The molecule has 7 nitrogen and oxygen atoms in total. The van der Waals surface area contributed by atoms with Crippen LogP contribution in [0.4, 0.5) is 0 Å². The van der Waals surface area contributed by atoms with Crippen molar-refractivity contribution in [1.29, 1.82) is 0 Å². The summed E-state index contributed by atoms with van der Waals surface area (Å²) in [5.74, 6) is -0.884. The number of hydrogen-bond donors (Lipinski definition) is 1. The molecule has 0 bridgehead atoms. The van der Waals surface area contributed by atoms with E-state index in [2.05, 4.69) is 10.3 Å². The van der Waals surface area contributed by atoms with E-state index in [1.165, 1.54) is 16.8 Å². The zero-order valence-corrected chi connectivity index (χ0v) is 15.7. The fraction of sp³-hybridized carbons (Fsp3) is 0.0625. The number of carbonyl (C=O) groups excluding carboxylic acids is 1. The quantitative estimate of drug-likeness (QED) is 0.713. The Bertz CT molecular complexity index is 1060. The van der Waals surface area contributed by atoms with Crippen LogP contribution >= 0.6 is 23.2 Å². The second-order valence-corrected chi connectivity index (χ2v) is 7.87. The first kappa shape index (κ1) is 18.4. The van der Waals surface area contributed by atoms with Crippen LogP contribution in [0.5, 0.6) is 0 Å². The minimum Gasteiger partial charge on any atom is -0.266 e. The number of sulfonamides is 1. The maximum Gasteiger partial charge on any atom is 0.287 e. The third-order valence-electron chi connectivity index (χ3n) is 3.48. The lowest BCUT2D eigenvalue weighted by atomic mass is 10.3. The molecule has 134 valence electrons. The van der Waals surface area contributed by atoms with E-state index in [0.717, 1.165) is 0 Å². The number of hydrogen-bond acceptors (Lipinski definition) is 5. The summed E-state index contributed by atoms with van der Waals surface area (Å²) in [6, 6.07) is 12.3. The smallest absolute Gasteiger partial charge is 0.266 e. The van der Waals surface area contributed by atoms with Gasteiger partial charge in [0.15, 0.2) is 5.69 Å². The van der Waals surface area contributed by atoms with E-state index < -0.39 is 15.9 Å². The van der Waals surface area contributed by atoms with E-state index in [1.54, 1.807) is 43.3 Å². The van der Waals surface area contributed by atoms with Crippen molar-refractivity contribution < 1.29 is 13.2 Å². The maximum atomic E-state index is 12.4. The van der Waals surface area contributed by atoms with Crippen molar-refractivity contribution in [3.63, 3.8) is 0 Å². The molecule has 0 aliphatic rings. The Morgan fingerprint density at radius 1 is 1.08 bits per heavy atom. The molecule has 0 saturated heterocycles. The van der Waals surface area contributed by atoms with Crippen LogP contribution in [0.3, 0.4) is 0 Å². The third-order valence-corrected chi connectivity index (χ3v) is 5.27. The van der Waals surface area contributed by atoms with E-state index in [4.69, 9.17) is 23.2 Å². The first-order valence-electron chi connectivity index (χ1n) is 7.29. The topological polar surface area (TPSA) is 93.9 Å². The Hall–Kier alpha value is -2.42. The summed E-state index contributed by atoms with van der Waals surface area (Å²) in [6.45, 7) is 1.58. The van der Waals surface area contributed by atoms with Gasteiger partial charge in [0.2, 0.25) is 0 Å². The number of rotatable bonds is 4. The summed E-state index contributed by atoms with van der Waals surface area (Å²) in [4.78, 5) is 12.3. The number of aromatic nitrogens is 3. The van der Waals surface area contributed by atoms with Gasteiger partial charge in [0, 0.05) is 10.0 Å². The van der Waals surface area contributed by atoms with Gasteiger partial charge in [-0.15, -0.1) is 5.10 Å². The van der Waals surface area contributed by atoms with Crippen LogP contribution in [-0.2, 0) is 10.0 Å². The number of carbonyl (C=O) groups is 1. The molecular weight excluding hydrogens is 399 g/mol. The minimum absolute atomic E-state index is 0.0278. The van der Waals surface area contributed by atoms with Gasteiger partial charge in [-0.05, 0) is 37.3 Å². The predicted molar refractivity (Wildman–Crippen MR) is 97.2 cm³/mol. The molecule has 0 radical (unpaired) electrons. The van der Waals surface area contributed by atoms with Crippen molar-refractivity contribution in [2.45, 2.75) is 11.8 Å². The summed E-state index contributed by atoms with van der Waals surface area (Å²) >= 11 is 11.9. The van der Waals surface area contributed by atoms with Crippen LogP contribution in [0.1, 0.15) is 16.2 Å². The van der Waals surface area contributed by atoms with E-state index in [0.29, 0.717) is 21.4 Å². The van der Waals surface area contributed by atoms with Crippen LogP contribution in [0, 0.1) is 6.92 Å². The number of benzene rings is 2. The monoisotopic (exact) mass is 410 g/mol. The Balaban J connectivity index is 1.91. The van der Waals surface area contributed by atoms with Crippen molar-refractivity contribution >= 4 is 39.1 Å². The Labute approximate surface area is 159 Å². The van der Waals surface area contributed by atoms with Gasteiger partial charge in [0.05, 0.1) is 16.3 Å². The summed E-state index contributed by atoms with van der Waals surface area (Å²) in [5.41, 5.74) is 0.710. The Morgan fingerprint density at radius 3 is 2.31 bits per heavy atom. The molecule has 0 aliphatic heterocycles. The molecule has 1 N–H and O–H groups in total. The normalized spacial score (nSPS) is 11.3. The molecule has 0 aliphatic carbocycles. The second-order valence-electron chi connectivity index (χ2n) is 5.31. The average molecular weight is 411 g/mol. The standard InChI is InChI=1S/C16H12Cl2N4O3S/c1-10-15(16(23)20-26(24,25)14-5-3-2-4-6-14)19-21-22(10)13-8-11(17)7-12(18)9-13/h2-9H,1H3,(H,20,23). The molecule has 3 aromatic rings. The molecule has 0 saturated carbocycles. The van der Waals surface area contributed by atoms with Gasteiger partial charge in [-0.1, -0.05) is 46.6 Å². The summed E-state index contributed by atoms with van der Waals surface area (Å²) in [5, 5.41) is 8.44. The molecule has 0 spiro atoms. The fourth-order valence-corrected chi connectivity index (χ4v) is 3.76. The molecule has 10 heteroatoms. The lowest BCUT2D eigenvalue weighted by molar-refractivity contribution is 0.0976. The van der Waals surface area contributed by atoms with Crippen molar-refractivity contribution in [2.24, 2.45) is 0 Å². The van der Waals surface area contributed by atoms with E-state index in [1.807, 2.05) is 4.72 Å². The zero-order chi connectivity index (χ0) is 18.9. The lowest BCUT2D eigenvalue weighted by Gasteiger charge is -2.07. The maximum absolute atomic E-state index is 12.4. The first-order chi connectivity index (χ1) is 12.3. The van der Waals surface area contributed by atoms with E-state index in [9.17, 15) is 13.2 Å². The van der Waals surface area contributed by atoms with Crippen molar-refractivity contribution in [2.75, 3.05) is 0 Å². The number of amides is 1. The predicted octanol–water partition coefficient (Wildman–Crippen LogP) is 3.00. The molecule has 0 unspecified atom stereocenters. The van der Waals surface area contributed by atoms with Crippen LogP contribution in [0.2, 0.25) is 10.0 Å². The number of halogens is 2. The highest BCUT2D eigenvalue weighted by atomic mass is 35.5. The second kappa shape index (κ2) is 7.06. The lowest BCUT2D eigenvalue weighted by Crippen LogP contribution is -2.31. The molecule has 26 heavy (non-hydrogen) atoms. The van der Waals surface area contributed by atoms with Crippen LogP contribution in [0.25, 0.3) is 5.69 Å². The highest BCUT2D eigenvalue weighted by Crippen LogP contribution is 2.22. The molecule has 0 atom stereocenters. The largest absolute Gasteiger partial charge is 0.287 e. The van der Waals surface area contributed by atoms with Crippen LogP contribution in [-0.4, -0.2) is 29.3 Å². The molecule has 1 amide bonds. The summed E-state index contributed by atoms with van der Waals surface area (Å²) in [7, 11) is -4.01. The van der Waals surface area contributed by atoms with Crippen LogP contribution < -0.4 is 4.72 Å². The van der Waals surface area contributed by atoms with Crippen molar-refractivity contribution in [3.8, 4) is 5.69 Å². The molecule has 0 fully saturated rings. The molecule has 1 heterocycles. The first-order valence-corrected chi connectivity index (χ1v) is 9.53. The SMILES string of the molecule is Cc1c(C(=O)NS(=O)(=O)c2ccccc2)nnn1-c1cc(Cl)cc(Cl)c1. The highest BCUT2D eigenvalue weighted by molar-refractivity contribution is 7.90. The van der Waals surface area contributed by atoms with Crippen molar-refractivity contribution in [1.82, 2.24) is 19.7 Å². The van der Waals surface area contributed by atoms with Gasteiger partial charge in [0.1, 0.15) is 0 Å². The summed E-state index contributed by atoms with van der Waals surface area (Å²) in [6.07, 6.45) is 0. The third kappa shape index (κ3) is 3.72. The number of nitrogens with zero attached hydrogens (tertiary/aromatic N) is 3. The molecule has 1 aromatic heterocycles. The van der Waals surface area contributed by atoms with Gasteiger partial charge < -0.3 is 0 Å². The van der Waals surface area contributed by atoms with E-state index in [-0.39, 0.29) is 10.6 Å². The van der Waals surface area contributed by atoms with Gasteiger partial charge in [-0.3, -0.25) is 4.79 Å². The number of nitrogens with one attached hydrogen (secondary N) is 1. The zero-order valence-electron chi connectivity index (χ0n) is 13.3. The van der Waals surface area contributed by atoms with E-state index >= 15 is 0 Å². The molecule has 2 aromatic carbocycles. The Morgan fingerprint density at radius 2 is 1.69 bits per heavy atom. The summed E-state index contributed by atoms with van der Waals surface area (Å²) < 4.78 is 27.9. The molecular formula is C16H12Cl2N4O3S. The molecule has 3 rings (SSSR count). The van der Waals surface area contributed by atoms with Gasteiger partial charge >= 0.3 is 0 Å². The fourth-order valence-electron chi connectivity index (χ4n) is 2.27. The van der Waals surface area contributed by atoms with Gasteiger partial charge in [0.25, 0.3) is 15.9 Å². The Kier molecular flexibility index (Phi) is 4.99.